The van der Waals surface area contributed by atoms with Gasteiger partial charge in [0.05, 0.1) is 0 Å². The van der Waals surface area contributed by atoms with Crippen molar-refractivity contribution in [3.8, 4) is 0 Å². The molecule has 0 saturated heterocycles. The molecule has 0 aromatic carbocycles. The van der Waals surface area contributed by atoms with Crippen LogP contribution in [-0.4, -0.2) is 26.4 Å². The van der Waals surface area contributed by atoms with Crippen LogP contribution in [0.25, 0.3) is 0 Å². The van der Waals surface area contributed by atoms with Gasteiger partial charge in [-0.2, -0.15) is 0 Å². The molecule has 0 atom stereocenters. The van der Waals surface area contributed by atoms with E-state index in [2.05, 4.69) is 16.3 Å². The fraction of sp³-hybridized carbons (Fsp3) is 1.00. The molecule has 0 aliphatic heterocycles. The van der Waals surface area contributed by atoms with Crippen LogP contribution < -0.4 is 10.0 Å². The fourth-order valence-electron chi connectivity index (χ4n) is 0.955. The summed E-state index contributed by atoms with van der Waals surface area (Å²) in [7, 11) is 2.01. The first-order valence-corrected chi connectivity index (χ1v) is 5.54. The molecular weight excluding hydrogens is 156 g/mol. The van der Waals surface area contributed by atoms with E-state index in [0.29, 0.717) is 0 Å². The largest absolute Gasteiger partial charge is 0.320 e. The molecule has 2 N–H and O–H groups in total. The van der Waals surface area contributed by atoms with Gasteiger partial charge >= 0.3 is 0 Å². The van der Waals surface area contributed by atoms with Crippen LogP contribution in [0.5, 0.6) is 0 Å². The first kappa shape index (κ1) is 11.3. The van der Waals surface area contributed by atoms with Gasteiger partial charge in [-0.05, 0) is 32.7 Å². The Kier molecular flexibility index (Phi) is 10.5. The van der Waals surface area contributed by atoms with Crippen molar-refractivity contribution >= 4 is 11.9 Å². The highest BCUT2D eigenvalue weighted by Gasteiger charge is 1.88. The second-order valence-corrected chi connectivity index (χ2v) is 3.31. The SMILES string of the molecule is CNCCCCCCNSC. The molecule has 0 fully saturated rings. The lowest BCUT2D eigenvalue weighted by Crippen LogP contribution is -2.08. The molecule has 0 rings (SSSR count). The minimum Gasteiger partial charge on any atom is -0.320 e. The Bertz CT molecular complexity index is 61.1. The number of unbranched alkanes of at least 4 members (excludes halogenated alkanes) is 3. The number of hydrogen-bond donors (Lipinski definition) is 2. The molecule has 3 heteroatoms. The van der Waals surface area contributed by atoms with Crippen molar-refractivity contribution in [2.45, 2.75) is 25.7 Å². The third-order valence-corrected chi connectivity index (χ3v) is 2.09. The molecule has 0 heterocycles. The van der Waals surface area contributed by atoms with Crippen molar-refractivity contribution in [1.82, 2.24) is 10.0 Å². The zero-order valence-corrected chi connectivity index (χ0v) is 8.47. The fourth-order valence-corrected chi connectivity index (χ4v) is 1.30. The second kappa shape index (κ2) is 10.3. The summed E-state index contributed by atoms with van der Waals surface area (Å²) in [6.07, 6.45) is 7.41. The van der Waals surface area contributed by atoms with E-state index in [0.717, 1.165) is 13.1 Å². The molecule has 0 saturated carbocycles. The molecule has 0 spiro atoms. The molecule has 0 aromatic heterocycles. The minimum atomic E-state index is 1.15. The highest BCUT2D eigenvalue weighted by molar-refractivity contribution is 7.96. The Labute approximate surface area is 74.7 Å². The number of hydrogen-bond acceptors (Lipinski definition) is 3. The van der Waals surface area contributed by atoms with Gasteiger partial charge < -0.3 is 5.32 Å². The summed E-state index contributed by atoms with van der Waals surface area (Å²) >= 11 is 1.71. The lowest BCUT2D eigenvalue weighted by atomic mass is 10.2. The Hall–Kier alpha value is 0.270. The highest BCUT2D eigenvalue weighted by atomic mass is 32.2. The van der Waals surface area contributed by atoms with Crippen molar-refractivity contribution in [2.24, 2.45) is 0 Å². The Morgan fingerprint density at radius 3 is 2.18 bits per heavy atom. The van der Waals surface area contributed by atoms with E-state index in [1.165, 1.54) is 25.7 Å². The maximum absolute atomic E-state index is 3.24. The third kappa shape index (κ3) is 10.3. The van der Waals surface area contributed by atoms with Crippen molar-refractivity contribution in [1.29, 1.82) is 0 Å². The van der Waals surface area contributed by atoms with Gasteiger partial charge in [-0.1, -0.05) is 24.8 Å². The van der Waals surface area contributed by atoms with Crippen LogP contribution in [0.1, 0.15) is 25.7 Å². The monoisotopic (exact) mass is 176 g/mol. The van der Waals surface area contributed by atoms with Crippen LogP contribution in [0.15, 0.2) is 0 Å². The van der Waals surface area contributed by atoms with Crippen LogP contribution in [0.4, 0.5) is 0 Å². The van der Waals surface area contributed by atoms with E-state index < -0.39 is 0 Å². The highest BCUT2D eigenvalue weighted by Crippen LogP contribution is 1.98. The number of rotatable bonds is 8. The predicted molar refractivity (Wildman–Crippen MR) is 53.9 cm³/mol. The van der Waals surface area contributed by atoms with E-state index in [1.807, 2.05) is 7.05 Å². The van der Waals surface area contributed by atoms with E-state index in [4.69, 9.17) is 0 Å². The molecular formula is C8H20N2S. The Morgan fingerprint density at radius 2 is 1.64 bits per heavy atom. The van der Waals surface area contributed by atoms with Gasteiger partial charge in [0.2, 0.25) is 0 Å². The Balaban J connectivity index is 2.69. The lowest BCUT2D eigenvalue weighted by Gasteiger charge is -2.00. The summed E-state index contributed by atoms with van der Waals surface area (Å²) in [5.41, 5.74) is 0. The van der Waals surface area contributed by atoms with Gasteiger partial charge in [0.1, 0.15) is 0 Å². The van der Waals surface area contributed by atoms with Gasteiger partial charge in [0.15, 0.2) is 0 Å². The third-order valence-electron chi connectivity index (χ3n) is 1.60. The van der Waals surface area contributed by atoms with Gasteiger partial charge in [-0.3, -0.25) is 4.72 Å². The normalized spacial score (nSPS) is 10.4. The number of nitrogens with one attached hydrogen (secondary N) is 2. The molecule has 11 heavy (non-hydrogen) atoms. The van der Waals surface area contributed by atoms with Crippen molar-refractivity contribution in [3.05, 3.63) is 0 Å². The van der Waals surface area contributed by atoms with Crippen LogP contribution in [-0.2, 0) is 0 Å². The summed E-state index contributed by atoms with van der Waals surface area (Å²) in [5, 5.41) is 3.15. The van der Waals surface area contributed by atoms with Crippen LogP contribution in [0.3, 0.4) is 0 Å². The summed E-state index contributed by atoms with van der Waals surface area (Å²) < 4.78 is 3.24. The maximum Gasteiger partial charge on any atom is 0.00584 e. The summed E-state index contributed by atoms with van der Waals surface area (Å²) in [6.45, 7) is 2.32. The average molecular weight is 176 g/mol. The molecule has 0 unspecified atom stereocenters. The molecule has 0 aliphatic carbocycles. The molecule has 2 nitrogen and oxygen atoms in total. The van der Waals surface area contributed by atoms with Gasteiger partial charge in [-0.25, -0.2) is 0 Å². The second-order valence-electron chi connectivity index (χ2n) is 2.62. The first-order chi connectivity index (χ1) is 5.41. The first-order valence-electron chi connectivity index (χ1n) is 4.32. The average Bonchev–Trinajstić information content (AvgIpc) is 2.03. The van der Waals surface area contributed by atoms with E-state index in [1.54, 1.807) is 11.9 Å². The topological polar surface area (TPSA) is 24.1 Å². The summed E-state index contributed by atoms with van der Waals surface area (Å²) in [4.78, 5) is 0. The van der Waals surface area contributed by atoms with Gasteiger partial charge in [0.25, 0.3) is 0 Å². The molecule has 0 aromatic rings. The Morgan fingerprint density at radius 1 is 1.00 bits per heavy atom. The minimum absolute atomic E-state index is 1.15. The van der Waals surface area contributed by atoms with Gasteiger partial charge in [0, 0.05) is 6.54 Å². The maximum atomic E-state index is 3.24. The quantitative estimate of drug-likeness (QED) is 0.434. The van der Waals surface area contributed by atoms with Crippen molar-refractivity contribution in [3.63, 3.8) is 0 Å². The molecule has 0 amide bonds. The smallest absolute Gasteiger partial charge is 0.00584 e. The van der Waals surface area contributed by atoms with Crippen LogP contribution in [0.2, 0.25) is 0 Å². The van der Waals surface area contributed by atoms with Crippen molar-refractivity contribution < 1.29 is 0 Å². The summed E-state index contributed by atoms with van der Waals surface area (Å²) in [5.74, 6) is 0. The molecule has 0 radical (unpaired) electrons. The summed E-state index contributed by atoms with van der Waals surface area (Å²) in [6, 6.07) is 0. The van der Waals surface area contributed by atoms with Crippen LogP contribution in [0, 0.1) is 0 Å². The molecule has 68 valence electrons. The zero-order valence-electron chi connectivity index (χ0n) is 7.65. The van der Waals surface area contributed by atoms with Crippen molar-refractivity contribution in [2.75, 3.05) is 26.4 Å². The molecule has 0 aliphatic rings. The predicted octanol–water partition coefficient (Wildman–Crippen LogP) is 1.63. The van der Waals surface area contributed by atoms with E-state index in [-0.39, 0.29) is 0 Å². The lowest BCUT2D eigenvalue weighted by molar-refractivity contribution is 0.615. The standard InChI is InChI=1S/C8H20N2S/c1-9-7-5-3-4-6-8-10-11-2/h9-10H,3-8H2,1-2H3. The van der Waals surface area contributed by atoms with Gasteiger partial charge in [-0.15, -0.1) is 0 Å². The zero-order chi connectivity index (χ0) is 8.36. The van der Waals surface area contributed by atoms with Crippen LogP contribution >= 0.6 is 11.9 Å². The molecule has 0 bridgehead atoms. The van der Waals surface area contributed by atoms with E-state index in [9.17, 15) is 0 Å². The van der Waals surface area contributed by atoms with E-state index >= 15 is 0 Å².